The van der Waals surface area contributed by atoms with E-state index in [2.05, 4.69) is 0 Å². The van der Waals surface area contributed by atoms with E-state index in [0.29, 0.717) is 6.42 Å². The monoisotopic (exact) mass is 142 g/mol. The van der Waals surface area contributed by atoms with Crippen LogP contribution < -0.4 is 0 Å². The molecule has 0 bridgehead atoms. The highest BCUT2D eigenvalue weighted by atomic mass is 16.5. The van der Waals surface area contributed by atoms with Gasteiger partial charge in [0.25, 0.3) is 0 Å². The molecule has 1 rings (SSSR count). The average Bonchev–Trinajstić information content (AvgIpc) is 1.87. The first-order valence-electron chi connectivity index (χ1n) is 3.36. The molecule has 0 aliphatic heterocycles. The van der Waals surface area contributed by atoms with Crippen LogP contribution in [-0.2, 0) is 4.79 Å². The molecule has 0 aromatic heterocycles. The lowest BCUT2D eigenvalue weighted by Gasteiger charge is -2.26. The third-order valence-electron chi connectivity index (χ3n) is 1.81. The number of hydrogen-bond donors (Lipinski definition) is 2. The summed E-state index contributed by atoms with van der Waals surface area (Å²) in [7, 11) is 0. The average molecular weight is 142 g/mol. The van der Waals surface area contributed by atoms with Crippen molar-refractivity contribution >= 4 is 5.94 Å². The molecule has 1 aliphatic rings. The van der Waals surface area contributed by atoms with Crippen LogP contribution in [0.5, 0.6) is 0 Å². The number of carbonyl (C=O) groups excluding carboxylic acids is 1. The van der Waals surface area contributed by atoms with Gasteiger partial charge >= 0.3 is 0 Å². The van der Waals surface area contributed by atoms with Crippen molar-refractivity contribution in [2.45, 2.75) is 31.5 Å². The fraction of sp³-hybridized carbons (Fsp3) is 0.714. The van der Waals surface area contributed by atoms with Crippen molar-refractivity contribution < 1.29 is 15.0 Å². The van der Waals surface area contributed by atoms with Crippen molar-refractivity contribution in [2.24, 2.45) is 0 Å². The highest BCUT2D eigenvalue weighted by Crippen LogP contribution is 2.28. The summed E-state index contributed by atoms with van der Waals surface area (Å²) in [6.45, 7) is 0. The molecule has 0 spiro atoms. The predicted molar refractivity (Wildman–Crippen MR) is 34.8 cm³/mol. The lowest BCUT2D eigenvalue weighted by atomic mass is 9.90. The summed E-state index contributed by atoms with van der Waals surface area (Å²) in [5.41, 5.74) is 0.0961. The smallest absolute Gasteiger partial charge is 0.196 e. The quantitative estimate of drug-likeness (QED) is 0.369. The van der Waals surface area contributed by atoms with Gasteiger partial charge in [0.1, 0.15) is 5.94 Å². The van der Waals surface area contributed by atoms with Crippen molar-refractivity contribution in [2.75, 3.05) is 0 Å². The molecule has 3 nitrogen and oxygen atoms in total. The molecule has 56 valence electrons. The van der Waals surface area contributed by atoms with Crippen LogP contribution in [0.25, 0.3) is 0 Å². The SMILES string of the molecule is O=C=C1CCCCC1(O)O. The molecule has 0 aromatic rings. The molecule has 0 atom stereocenters. The maximum Gasteiger partial charge on any atom is 0.196 e. The van der Waals surface area contributed by atoms with E-state index < -0.39 is 5.79 Å². The molecule has 10 heavy (non-hydrogen) atoms. The van der Waals surface area contributed by atoms with Gasteiger partial charge in [0, 0.05) is 6.42 Å². The van der Waals surface area contributed by atoms with Gasteiger partial charge in [0.15, 0.2) is 5.79 Å². The second-order valence-corrected chi connectivity index (χ2v) is 2.60. The van der Waals surface area contributed by atoms with Crippen LogP contribution in [0.2, 0.25) is 0 Å². The summed E-state index contributed by atoms with van der Waals surface area (Å²) in [6.07, 6.45) is 2.35. The minimum atomic E-state index is -1.86. The van der Waals surface area contributed by atoms with Gasteiger partial charge in [-0.25, -0.2) is 4.79 Å². The molecule has 1 aliphatic carbocycles. The minimum absolute atomic E-state index is 0.0961. The predicted octanol–water partition coefficient (Wildman–Crippen LogP) is -0.000700. The van der Waals surface area contributed by atoms with Gasteiger partial charge < -0.3 is 10.2 Å². The molecule has 1 saturated carbocycles. The van der Waals surface area contributed by atoms with Crippen LogP contribution in [0.15, 0.2) is 5.57 Å². The van der Waals surface area contributed by atoms with Crippen LogP contribution in [0.4, 0.5) is 0 Å². The van der Waals surface area contributed by atoms with E-state index in [4.69, 9.17) is 10.2 Å². The zero-order valence-corrected chi connectivity index (χ0v) is 5.63. The van der Waals surface area contributed by atoms with Crippen molar-refractivity contribution in [3.63, 3.8) is 0 Å². The Kier molecular flexibility index (Phi) is 1.90. The summed E-state index contributed by atoms with van der Waals surface area (Å²) < 4.78 is 0. The summed E-state index contributed by atoms with van der Waals surface area (Å²) >= 11 is 0. The molecule has 0 aromatic carbocycles. The molecule has 0 unspecified atom stereocenters. The molecule has 0 heterocycles. The van der Waals surface area contributed by atoms with Crippen LogP contribution in [0.1, 0.15) is 25.7 Å². The van der Waals surface area contributed by atoms with Gasteiger partial charge in [0.2, 0.25) is 0 Å². The first-order chi connectivity index (χ1) is 4.67. The number of rotatable bonds is 0. The molecular formula is C7H10O3. The summed E-state index contributed by atoms with van der Waals surface area (Å²) in [6, 6.07) is 0. The Morgan fingerprint density at radius 3 is 2.50 bits per heavy atom. The Bertz CT molecular complexity index is 177. The second-order valence-electron chi connectivity index (χ2n) is 2.60. The Morgan fingerprint density at radius 1 is 1.40 bits per heavy atom. The normalized spacial score (nSPS) is 24.0. The van der Waals surface area contributed by atoms with E-state index in [1.165, 1.54) is 0 Å². The van der Waals surface area contributed by atoms with Crippen molar-refractivity contribution in [1.82, 2.24) is 0 Å². The largest absolute Gasteiger partial charge is 0.362 e. The molecule has 0 saturated heterocycles. The summed E-state index contributed by atoms with van der Waals surface area (Å²) in [5, 5.41) is 18.2. The van der Waals surface area contributed by atoms with E-state index >= 15 is 0 Å². The zero-order valence-electron chi connectivity index (χ0n) is 5.63. The summed E-state index contributed by atoms with van der Waals surface area (Å²) in [4.78, 5) is 10.1. The van der Waals surface area contributed by atoms with Crippen molar-refractivity contribution in [1.29, 1.82) is 0 Å². The maximum absolute atomic E-state index is 10.1. The van der Waals surface area contributed by atoms with E-state index in [1.54, 1.807) is 5.94 Å². The Hall–Kier alpha value is -0.630. The summed E-state index contributed by atoms with van der Waals surface area (Å²) in [5.74, 6) is -0.300. The number of aliphatic hydroxyl groups is 2. The van der Waals surface area contributed by atoms with E-state index in [1.807, 2.05) is 0 Å². The lowest BCUT2D eigenvalue weighted by Crippen LogP contribution is -2.33. The highest BCUT2D eigenvalue weighted by molar-refractivity contribution is 5.55. The van der Waals surface area contributed by atoms with Gasteiger partial charge in [-0.1, -0.05) is 0 Å². The third kappa shape index (κ3) is 1.27. The molecule has 3 heteroatoms. The lowest BCUT2D eigenvalue weighted by molar-refractivity contribution is -0.141. The molecule has 1 fully saturated rings. The van der Waals surface area contributed by atoms with E-state index in [0.717, 1.165) is 12.8 Å². The topological polar surface area (TPSA) is 57.5 Å². The second kappa shape index (κ2) is 2.54. The fourth-order valence-corrected chi connectivity index (χ4v) is 1.16. The fourth-order valence-electron chi connectivity index (χ4n) is 1.16. The van der Waals surface area contributed by atoms with Crippen LogP contribution in [-0.4, -0.2) is 21.9 Å². The van der Waals surface area contributed by atoms with E-state index in [9.17, 15) is 4.79 Å². The standard InChI is InChI=1S/C7H10O3/c8-5-6-3-1-2-4-7(6,9)10/h9-10H,1-4H2. The maximum atomic E-state index is 10.1. The van der Waals surface area contributed by atoms with Gasteiger partial charge in [0.05, 0.1) is 5.57 Å². The molecule has 2 N–H and O–H groups in total. The van der Waals surface area contributed by atoms with Crippen LogP contribution in [0.3, 0.4) is 0 Å². The van der Waals surface area contributed by atoms with Crippen LogP contribution in [0, 0.1) is 0 Å². The number of hydrogen-bond acceptors (Lipinski definition) is 3. The first-order valence-corrected chi connectivity index (χ1v) is 3.36. The van der Waals surface area contributed by atoms with E-state index in [-0.39, 0.29) is 12.0 Å². The Balaban J connectivity index is 2.79. The Morgan fingerprint density at radius 2 is 2.10 bits per heavy atom. The minimum Gasteiger partial charge on any atom is -0.362 e. The highest BCUT2D eigenvalue weighted by Gasteiger charge is 2.32. The van der Waals surface area contributed by atoms with Crippen LogP contribution >= 0.6 is 0 Å². The molecular weight excluding hydrogens is 132 g/mol. The van der Waals surface area contributed by atoms with Gasteiger partial charge in [-0.3, -0.25) is 0 Å². The van der Waals surface area contributed by atoms with Crippen molar-refractivity contribution in [3.05, 3.63) is 5.57 Å². The zero-order chi connectivity index (χ0) is 7.61. The van der Waals surface area contributed by atoms with Gasteiger partial charge in [-0.15, -0.1) is 0 Å². The van der Waals surface area contributed by atoms with Gasteiger partial charge in [-0.2, -0.15) is 0 Å². The van der Waals surface area contributed by atoms with Crippen molar-refractivity contribution in [3.8, 4) is 0 Å². The van der Waals surface area contributed by atoms with Gasteiger partial charge in [-0.05, 0) is 19.3 Å². The Labute approximate surface area is 59.0 Å². The molecule has 0 radical (unpaired) electrons. The third-order valence-corrected chi connectivity index (χ3v) is 1.81. The first kappa shape index (κ1) is 7.48. The molecule has 0 amide bonds.